The van der Waals surface area contributed by atoms with E-state index in [0.717, 1.165) is 0 Å². The van der Waals surface area contributed by atoms with E-state index in [1.54, 1.807) is 30.3 Å². The van der Waals surface area contributed by atoms with Crippen molar-refractivity contribution in [2.75, 3.05) is 5.43 Å². The van der Waals surface area contributed by atoms with E-state index in [9.17, 15) is 18.0 Å². The monoisotopic (exact) mass is 344 g/mol. The Morgan fingerprint density at radius 2 is 1.88 bits per heavy atom. The van der Waals surface area contributed by atoms with Crippen LogP contribution >= 0.6 is 0 Å². The number of rotatable bonds is 4. The van der Waals surface area contributed by atoms with E-state index < -0.39 is 28.9 Å². The van der Waals surface area contributed by atoms with Crippen LogP contribution < -0.4 is 5.43 Å². The number of fused-ring (bicyclic) bond motifs is 1. The standard InChI is InChI=1S/C16H7F3N4O2/c17-10-5-8(6-11(18)14(10)19)21-22-12(7-20)16(24)15-9-3-1-2-4-13(9)25-23-15/h1-6,21H. The van der Waals surface area contributed by atoms with Gasteiger partial charge >= 0.3 is 0 Å². The number of aromatic nitrogens is 1. The molecule has 0 spiro atoms. The number of hydrazone groups is 1. The van der Waals surface area contributed by atoms with Crippen molar-refractivity contribution in [3.8, 4) is 6.07 Å². The van der Waals surface area contributed by atoms with Crippen LogP contribution in [0.3, 0.4) is 0 Å². The second kappa shape index (κ2) is 6.45. The molecule has 124 valence electrons. The number of Topliss-reactive ketones (excluding diaryl/α,β-unsaturated/α-hetero) is 1. The summed E-state index contributed by atoms with van der Waals surface area (Å²) in [6, 6.07) is 9.32. The lowest BCUT2D eigenvalue weighted by atomic mass is 10.1. The fraction of sp³-hybridized carbons (Fsp3) is 0. The van der Waals surface area contributed by atoms with Gasteiger partial charge in [0.15, 0.2) is 28.7 Å². The van der Waals surface area contributed by atoms with Gasteiger partial charge < -0.3 is 4.52 Å². The van der Waals surface area contributed by atoms with E-state index in [1.807, 2.05) is 0 Å². The van der Waals surface area contributed by atoms with Crippen molar-refractivity contribution < 1.29 is 22.5 Å². The van der Waals surface area contributed by atoms with E-state index in [0.29, 0.717) is 23.1 Å². The Kier molecular flexibility index (Phi) is 4.18. The van der Waals surface area contributed by atoms with Crippen molar-refractivity contribution in [3.05, 3.63) is 59.5 Å². The molecule has 0 saturated heterocycles. The van der Waals surface area contributed by atoms with Gasteiger partial charge in [0.1, 0.15) is 6.07 Å². The van der Waals surface area contributed by atoms with Crippen molar-refractivity contribution >= 4 is 28.2 Å². The first-order valence-corrected chi connectivity index (χ1v) is 6.78. The predicted molar refractivity (Wildman–Crippen MR) is 81.3 cm³/mol. The third-order valence-electron chi connectivity index (χ3n) is 3.19. The first-order chi connectivity index (χ1) is 12.0. The van der Waals surface area contributed by atoms with Gasteiger partial charge in [-0.3, -0.25) is 10.2 Å². The Bertz CT molecular complexity index is 1030. The Labute approximate surface area is 138 Å². The number of para-hydroxylation sites is 1. The number of ketones is 1. The molecule has 0 atom stereocenters. The Morgan fingerprint density at radius 1 is 1.20 bits per heavy atom. The SMILES string of the molecule is N#CC(=NNc1cc(F)c(F)c(F)c1)C(=O)c1noc2ccccc12. The average Bonchev–Trinajstić information content (AvgIpc) is 3.04. The zero-order valence-electron chi connectivity index (χ0n) is 12.3. The minimum atomic E-state index is -1.64. The second-order valence-corrected chi connectivity index (χ2v) is 4.79. The summed E-state index contributed by atoms with van der Waals surface area (Å²) in [6.07, 6.45) is 0. The maximum absolute atomic E-state index is 13.1. The fourth-order valence-corrected chi connectivity index (χ4v) is 2.03. The van der Waals surface area contributed by atoms with Gasteiger partial charge in [-0.05, 0) is 12.1 Å². The Morgan fingerprint density at radius 3 is 2.56 bits per heavy atom. The van der Waals surface area contributed by atoms with E-state index >= 15 is 0 Å². The molecule has 6 nitrogen and oxygen atoms in total. The number of hydrogen-bond donors (Lipinski definition) is 1. The zero-order chi connectivity index (χ0) is 18.0. The van der Waals surface area contributed by atoms with Crippen molar-refractivity contribution in [2.45, 2.75) is 0 Å². The van der Waals surface area contributed by atoms with Gasteiger partial charge in [-0.25, -0.2) is 13.2 Å². The van der Waals surface area contributed by atoms with Gasteiger partial charge in [0, 0.05) is 12.1 Å². The molecule has 0 radical (unpaired) electrons. The summed E-state index contributed by atoms with van der Waals surface area (Å²) in [5, 5.41) is 16.6. The molecule has 1 aromatic heterocycles. The normalized spacial score (nSPS) is 11.4. The summed E-state index contributed by atoms with van der Waals surface area (Å²) in [7, 11) is 0. The summed E-state index contributed by atoms with van der Waals surface area (Å²) < 4.78 is 44.2. The summed E-state index contributed by atoms with van der Waals surface area (Å²) in [6.45, 7) is 0. The molecule has 0 aliphatic rings. The van der Waals surface area contributed by atoms with Crippen molar-refractivity contribution in [3.63, 3.8) is 0 Å². The number of nitrogens with one attached hydrogen (secondary N) is 1. The quantitative estimate of drug-likeness (QED) is 0.339. The van der Waals surface area contributed by atoms with Gasteiger partial charge in [0.25, 0.3) is 0 Å². The lowest BCUT2D eigenvalue weighted by Crippen LogP contribution is -2.15. The molecule has 0 amide bonds. The number of carbonyl (C=O) groups is 1. The highest BCUT2D eigenvalue weighted by Crippen LogP contribution is 2.19. The van der Waals surface area contributed by atoms with Crippen molar-refractivity contribution in [1.82, 2.24) is 5.16 Å². The summed E-state index contributed by atoms with van der Waals surface area (Å²) >= 11 is 0. The molecule has 0 unspecified atom stereocenters. The third kappa shape index (κ3) is 3.05. The zero-order valence-corrected chi connectivity index (χ0v) is 12.3. The molecule has 0 aliphatic heterocycles. The minimum absolute atomic E-state index is 0.130. The van der Waals surface area contributed by atoms with Crippen LogP contribution in [0.4, 0.5) is 18.9 Å². The van der Waals surface area contributed by atoms with E-state index in [2.05, 4.69) is 15.7 Å². The molecule has 1 heterocycles. The van der Waals surface area contributed by atoms with E-state index in [4.69, 9.17) is 9.78 Å². The van der Waals surface area contributed by atoms with Crippen molar-refractivity contribution in [1.29, 1.82) is 5.26 Å². The second-order valence-electron chi connectivity index (χ2n) is 4.79. The van der Waals surface area contributed by atoms with Crippen LogP contribution in [0.15, 0.2) is 46.0 Å². The minimum Gasteiger partial charge on any atom is -0.356 e. The van der Waals surface area contributed by atoms with Crippen LogP contribution in [0.5, 0.6) is 0 Å². The predicted octanol–water partition coefficient (Wildman–Crippen LogP) is 3.42. The number of benzene rings is 2. The highest BCUT2D eigenvalue weighted by molar-refractivity contribution is 6.52. The van der Waals surface area contributed by atoms with Crippen LogP contribution in [-0.2, 0) is 0 Å². The molecular formula is C16H7F3N4O2. The molecule has 25 heavy (non-hydrogen) atoms. The number of hydrogen-bond acceptors (Lipinski definition) is 6. The lowest BCUT2D eigenvalue weighted by molar-refractivity contribution is 0.106. The molecule has 0 bridgehead atoms. The molecule has 3 aromatic rings. The summed E-state index contributed by atoms with van der Waals surface area (Å²) in [4.78, 5) is 12.3. The average molecular weight is 344 g/mol. The number of anilines is 1. The summed E-state index contributed by atoms with van der Waals surface area (Å²) in [5.41, 5.74) is 1.45. The lowest BCUT2D eigenvalue weighted by Gasteiger charge is -2.02. The van der Waals surface area contributed by atoms with Crippen molar-refractivity contribution in [2.24, 2.45) is 5.10 Å². The smallest absolute Gasteiger partial charge is 0.246 e. The largest absolute Gasteiger partial charge is 0.356 e. The number of nitriles is 1. The van der Waals surface area contributed by atoms with E-state index in [1.165, 1.54) is 0 Å². The highest BCUT2D eigenvalue weighted by Gasteiger charge is 2.21. The molecule has 3 rings (SSSR count). The van der Waals surface area contributed by atoms with Crippen LogP contribution in [0.2, 0.25) is 0 Å². The van der Waals surface area contributed by atoms with Gasteiger partial charge in [0.2, 0.25) is 11.5 Å². The van der Waals surface area contributed by atoms with Crippen LogP contribution in [0.25, 0.3) is 11.0 Å². The van der Waals surface area contributed by atoms with Gasteiger partial charge in [0.05, 0.1) is 11.1 Å². The number of halogens is 3. The fourth-order valence-electron chi connectivity index (χ4n) is 2.03. The van der Waals surface area contributed by atoms with Crippen LogP contribution in [0.1, 0.15) is 10.5 Å². The van der Waals surface area contributed by atoms with Gasteiger partial charge in [-0.1, -0.05) is 17.3 Å². The molecule has 1 N–H and O–H groups in total. The maximum atomic E-state index is 13.1. The first-order valence-electron chi connectivity index (χ1n) is 6.78. The number of carbonyl (C=O) groups excluding carboxylic acids is 1. The Balaban J connectivity index is 1.91. The molecule has 9 heteroatoms. The Hall–Kier alpha value is -3.67. The van der Waals surface area contributed by atoms with Gasteiger partial charge in [-0.15, -0.1) is 0 Å². The molecule has 2 aromatic carbocycles. The molecular weight excluding hydrogens is 337 g/mol. The first kappa shape index (κ1) is 16.2. The third-order valence-corrected chi connectivity index (χ3v) is 3.19. The number of nitrogens with zero attached hydrogens (tertiary/aromatic N) is 3. The van der Waals surface area contributed by atoms with E-state index in [-0.39, 0.29) is 11.4 Å². The molecule has 0 fully saturated rings. The molecule has 0 saturated carbocycles. The summed E-state index contributed by atoms with van der Waals surface area (Å²) in [5.74, 6) is -5.36. The van der Waals surface area contributed by atoms with Crippen LogP contribution in [-0.4, -0.2) is 16.7 Å². The maximum Gasteiger partial charge on any atom is 0.246 e. The highest BCUT2D eigenvalue weighted by atomic mass is 19.2. The van der Waals surface area contributed by atoms with Gasteiger partial charge in [-0.2, -0.15) is 10.4 Å². The topological polar surface area (TPSA) is 91.3 Å². The van der Waals surface area contributed by atoms with Crippen LogP contribution in [0, 0.1) is 28.8 Å². The molecule has 0 aliphatic carbocycles.